The summed E-state index contributed by atoms with van der Waals surface area (Å²) in [4.78, 5) is 14.2. The summed E-state index contributed by atoms with van der Waals surface area (Å²) in [6.45, 7) is 0.838. The molecule has 0 bridgehead atoms. The quantitative estimate of drug-likeness (QED) is 0.528. The van der Waals surface area contributed by atoms with Gasteiger partial charge in [-0.05, 0) is 30.2 Å². The summed E-state index contributed by atoms with van der Waals surface area (Å²) in [5, 5.41) is 0. The van der Waals surface area contributed by atoms with Crippen molar-refractivity contribution >= 4 is 16.0 Å². The van der Waals surface area contributed by atoms with Gasteiger partial charge in [0.15, 0.2) is 0 Å². The van der Waals surface area contributed by atoms with Crippen molar-refractivity contribution < 1.29 is 22.1 Å². The molecular weight excluding hydrogens is 414 g/mol. The second-order valence-electron chi connectivity index (χ2n) is 7.26. The van der Waals surface area contributed by atoms with E-state index in [0.717, 1.165) is 12.0 Å². The first-order chi connectivity index (χ1) is 15.0. The van der Waals surface area contributed by atoms with E-state index in [-0.39, 0.29) is 23.2 Å². The predicted molar refractivity (Wildman–Crippen MR) is 116 cm³/mol. The summed E-state index contributed by atoms with van der Waals surface area (Å²) in [7, 11) is -3.98. The van der Waals surface area contributed by atoms with Crippen molar-refractivity contribution in [3.05, 3.63) is 96.1 Å². The lowest BCUT2D eigenvalue weighted by molar-refractivity contribution is -0.149. The average Bonchev–Trinajstić information content (AvgIpc) is 2.80. The van der Waals surface area contributed by atoms with Gasteiger partial charge in [0.2, 0.25) is 5.91 Å². The molecule has 31 heavy (non-hydrogen) atoms. The van der Waals surface area contributed by atoms with Crippen LogP contribution in [-0.4, -0.2) is 38.9 Å². The Morgan fingerprint density at radius 1 is 0.903 bits per heavy atom. The molecule has 0 unspecified atom stereocenters. The Labute approximate surface area is 182 Å². The fourth-order valence-electron chi connectivity index (χ4n) is 3.51. The molecule has 1 heterocycles. The van der Waals surface area contributed by atoms with E-state index in [2.05, 4.69) is 0 Å². The standard InChI is InChI=1S/C24H23NO5S/c26-24-18-29-23(17-25(24)16-15-19-9-3-1-4-10-19)21-13-7-8-14-22(21)30-31(27,28)20-11-5-2-6-12-20/h1-14,23H,15-18H2/t23-/m0/s1. The Morgan fingerprint density at radius 3 is 2.29 bits per heavy atom. The molecule has 1 aliphatic rings. The van der Waals surface area contributed by atoms with Crippen LogP contribution in [0.5, 0.6) is 5.75 Å². The van der Waals surface area contributed by atoms with E-state index < -0.39 is 16.2 Å². The second kappa shape index (κ2) is 9.32. The highest BCUT2D eigenvalue weighted by molar-refractivity contribution is 7.87. The van der Waals surface area contributed by atoms with Crippen LogP contribution < -0.4 is 4.18 Å². The van der Waals surface area contributed by atoms with Gasteiger partial charge in [0.1, 0.15) is 23.4 Å². The molecule has 1 aliphatic heterocycles. The normalized spacial score (nSPS) is 16.8. The number of hydrogen-bond acceptors (Lipinski definition) is 5. The van der Waals surface area contributed by atoms with Gasteiger partial charge in [-0.15, -0.1) is 0 Å². The molecular formula is C24H23NO5S. The van der Waals surface area contributed by atoms with Crippen molar-refractivity contribution in [3.8, 4) is 5.75 Å². The molecule has 0 aromatic heterocycles. The van der Waals surface area contributed by atoms with Crippen LogP contribution >= 0.6 is 0 Å². The van der Waals surface area contributed by atoms with E-state index in [0.29, 0.717) is 18.7 Å². The van der Waals surface area contributed by atoms with Crippen molar-refractivity contribution in [3.63, 3.8) is 0 Å². The first kappa shape index (κ1) is 21.1. The zero-order chi connectivity index (χ0) is 21.7. The van der Waals surface area contributed by atoms with Gasteiger partial charge in [-0.1, -0.05) is 66.7 Å². The monoisotopic (exact) mass is 437 g/mol. The molecule has 3 aromatic rings. The van der Waals surface area contributed by atoms with Gasteiger partial charge in [-0.3, -0.25) is 4.79 Å². The number of hydrogen-bond donors (Lipinski definition) is 0. The number of benzene rings is 3. The summed E-state index contributed by atoms with van der Waals surface area (Å²) in [5.41, 5.74) is 1.75. The van der Waals surface area contributed by atoms with Gasteiger partial charge < -0.3 is 13.8 Å². The molecule has 7 heteroatoms. The van der Waals surface area contributed by atoms with Crippen LogP contribution in [0.3, 0.4) is 0 Å². The zero-order valence-electron chi connectivity index (χ0n) is 16.9. The number of nitrogens with zero attached hydrogens (tertiary/aromatic N) is 1. The SMILES string of the molecule is O=C1CO[C@H](c2ccccc2OS(=O)(=O)c2ccccc2)CN1CCc1ccccc1. The van der Waals surface area contributed by atoms with Crippen LogP contribution in [-0.2, 0) is 26.1 Å². The van der Waals surface area contributed by atoms with Crippen LogP contribution in [0.1, 0.15) is 17.2 Å². The van der Waals surface area contributed by atoms with Gasteiger partial charge >= 0.3 is 10.1 Å². The van der Waals surface area contributed by atoms with E-state index >= 15 is 0 Å². The lowest BCUT2D eigenvalue weighted by Crippen LogP contribution is -2.44. The topological polar surface area (TPSA) is 72.9 Å². The predicted octanol–water partition coefficient (Wildman–Crippen LogP) is 3.60. The van der Waals surface area contributed by atoms with Gasteiger partial charge in [0, 0.05) is 12.1 Å². The first-order valence-corrected chi connectivity index (χ1v) is 11.5. The molecule has 3 aromatic carbocycles. The molecule has 0 saturated carbocycles. The Hall–Kier alpha value is -3.16. The molecule has 0 spiro atoms. The fourth-order valence-corrected chi connectivity index (χ4v) is 4.48. The summed E-state index contributed by atoms with van der Waals surface area (Å²) >= 11 is 0. The largest absolute Gasteiger partial charge is 0.379 e. The number of amides is 1. The maximum absolute atomic E-state index is 12.7. The molecule has 0 N–H and O–H groups in total. The average molecular weight is 438 g/mol. The number of carbonyl (C=O) groups excluding carboxylic acids is 1. The van der Waals surface area contributed by atoms with Crippen LogP contribution in [0.25, 0.3) is 0 Å². The molecule has 1 amide bonds. The van der Waals surface area contributed by atoms with Crippen molar-refractivity contribution in [1.29, 1.82) is 0 Å². The summed E-state index contributed by atoms with van der Waals surface area (Å²) < 4.78 is 36.6. The fraction of sp³-hybridized carbons (Fsp3) is 0.208. The molecule has 1 atom stereocenters. The van der Waals surface area contributed by atoms with Crippen molar-refractivity contribution in [2.75, 3.05) is 19.7 Å². The Balaban J connectivity index is 1.51. The van der Waals surface area contributed by atoms with E-state index in [4.69, 9.17) is 8.92 Å². The number of carbonyl (C=O) groups is 1. The third-order valence-electron chi connectivity index (χ3n) is 5.16. The number of para-hydroxylation sites is 1. The van der Waals surface area contributed by atoms with E-state index in [1.165, 1.54) is 12.1 Å². The van der Waals surface area contributed by atoms with Crippen LogP contribution in [0.15, 0.2) is 89.8 Å². The third-order valence-corrected chi connectivity index (χ3v) is 6.41. The first-order valence-electron chi connectivity index (χ1n) is 10.0. The van der Waals surface area contributed by atoms with Gasteiger partial charge in [-0.2, -0.15) is 8.42 Å². The van der Waals surface area contributed by atoms with Gasteiger partial charge in [-0.25, -0.2) is 0 Å². The molecule has 160 valence electrons. The van der Waals surface area contributed by atoms with E-state index in [1.54, 1.807) is 47.4 Å². The second-order valence-corrected chi connectivity index (χ2v) is 8.81. The number of ether oxygens (including phenoxy) is 1. The number of rotatable bonds is 7. The van der Waals surface area contributed by atoms with Crippen LogP contribution in [0.2, 0.25) is 0 Å². The molecule has 0 radical (unpaired) electrons. The van der Waals surface area contributed by atoms with Crippen molar-refractivity contribution in [1.82, 2.24) is 4.90 Å². The van der Waals surface area contributed by atoms with Gasteiger partial charge in [0.25, 0.3) is 0 Å². The summed E-state index contributed by atoms with van der Waals surface area (Å²) in [6.07, 6.45) is 0.260. The maximum Gasteiger partial charge on any atom is 0.339 e. The molecule has 6 nitrogen and oxygen atoms in total. The lowest BCUT2D eigenvalue weighted by Gasteiger charge is -2.33. The molecule has 1 saturated heterocycles. The van der Waals surface area contributed by atoms with E-state index in [9.17, 15) is 13.2 Å². The molecule has 4 rings (SSSR count). The highest BCUT2D eigenvalue weighted by atomic mass is 32.2. The van der Waals surface area contributed by atoms with Crippen LogP contribution in [0.4, 0.5) is 0 Å². The Kier molecular flexibility index (Phi) is 6.34. The van der Waals surface area contributed by atoms with Crippen LogP contribution in [0, 0.1) is 0 Å². The van der Waals surface area contributed by atoms with Crippen molar-refractivity contribution in [2.45, 2.75) is 17.4 Å². The molecule has 1 fully saturated rings. The zero-order valence-corrected chi connectivity index (χ0v) is 17.7. The Morgan fingerprint density at radius 2 is 1.55 bits per heavy atom. The lowest BCUT2D eigenvalue weighted by atomic mass is 10.1. The highest BCUT2D eigenvalue weighted by Gasteiger charge is 2.30. The minimum atomic E-state index is -3.98. The third kappa shape index (κ3) is 5.13. The summed E-state index contributed by atoms with van der Waals surface area (Å²) in [6, 6.07) is 24.8. The number of morpholine rings is 1. The van der Waals surface area contributed by atoms with E-state index in [1.807, 2.05) is 30.3 Å². The molecule has 0 aliphatic carbocycles. The highest BCUT2D eigenvalue weighted by Crippen LogP contribution is 2.32. The minimum Gasteiger partial charge on any atom is -0.379 e. The smallest absolute Gasteiger partial charge is 0.339 e. The van der Waals surface area contributed by atoms with Gasteiger partial charge in [0.05, 0.1) is 6.54 Å². The van der Waals surface area contributed by atoms with Crippen molar-refractivity contribution in [2.24, 2.45) is 0 Å². The minimum absolute atomic E-state index is 0.0563. The Bertz CT molecular complexity index is 1130. The summed E-state index contributed by atoms with van der Waals surface area (Å²) in [5.74, 6) is 0.121. The maximum atomic E-state index is 12.7.